The Morgan fingerprint density at radius 1 is 1.13 bits per heavy atom. The molecule has 1 atom stereocenters. The molecule has 2 aromatic carbocycles. The number of aryl methyl sites for hydroxylation is 1. The van der Waals surface area contributed by atoms with Crippen LogP contribution in [0.1, 0.15) is 38.8 Å². The maximum absolute atomic E-state index is 12.5. The maximum atomic E-state index is 12.5. The fourth-order valence-corrected chi connectivity index (χ4v) is 3.17. The van der Waals surface area contributed by atoms with E-state index in [2.05, 4.69) is 19.2 Å². The van der Waals surface area contributed by atoms with E-state index in [1.165, 1.54) is 4.57 Å². The first kappa shape index (κ1) is 21.5. The molecule has 1 N–H and O–H groups in total. The van der Waals surface area contributed by atoms with E-state index in [1.807, 2.05) is 31.2 Å². The number of carbonyl (C=O) groups is 1. The molecule has 3 aromatic rings. The minimum atomic E-state index is -0.459. The molecule has 0 bridgehead atoms. The first-order valence-electron chi connectivity index (χ1n) is 10.1. The van der Waals surface area contributed by atoms with Gasteiger partial charge in [0.15, 0.2) is 17.1 Å². The van der Waals surface area contributed by atoms with Crippen LogP contribution in [0.2, 0.25) is 0 Å². The number of fused-ring (bicyclic) bond motifs is 1. The Hall–Kier alpha value is -3.22. The predicted molar refractivity (Wildman–Crippen MR) is 115 cm³/mol. The number of carbonyl (C=O) groups excluding carboxylic acids is 1. The molecule has 7 heteroatoms. The van der Waals surface area contributed by atoms with Crippen molar-refractivity contribution in [2.45, 2.75) is 39.8 Å². The van der Waals surface area contributed by atoms with Gasteiger partial charge < -0.3 is 19.2 Å². The van der Waals surface area contributed by atoms with Crippen LogP contribution < -0.4 is 20.5 Å². The van der Waals surface area contributed by atoms with E-state index in [0.29, 0.717) is 35.1 Å². The minimum Gasteiger partial charge on any atom is -0.493 e. The quantitative estimate of drug-likeness (QED) is 0.576. The second-order valence-electron chi connectivity index (χ2n) is 7.64. The molecule has 0 radical (unpaired) electrons. The van der Waals surface area contributed by atoms with Crippen molar-refractivity contribution in [2.24, 2.45) is 5.92 Å². The highest BCUT2D eigenvalue weighted by Gasteiger charge is 2.15. The van der Waals surface area contributed by atoms with Gasteiger partial charge in [-0.2, -0.15) is 0 Å². The summed E-state index contributed by atoms with van der Waals surface area (Å²) in [5, 5.41) is 2.97. The van der Waals surface area contributed by atoms with E-state index in [9.17, 15) is 9.59 Å². The van der Waals surface area contributed by atoms with E-state index in [-0.39, 0.29) is 24.9 Å². The monoisotopic (exact) mass is 412 g/mol. The number of ether oxygens (including phenoxy) is 2. The normalized spacial score (nSPS) is 12.2. The molecular weight excluding hydrogens is 384 g/mol. The highest BCUT2D eigenvalue weighted by atomic mass is 16.5. The predicted octanol–water partition coefficient (Wildman–Crippen LogP) is 3.91. The number of hydrogen-bond acceptors (Lipinski definition) is 5. The molecule has 3 rings (SSSR count). The van der Waals surface area contributed by atoms with Gasteiger partial charge in [0.05, 0.1) is 25.3 Å². The Bertz CT molecular complexity index is 1070. The second kappa shape index (κ2) is 9.52. The number of para-hydroxylation sites is 2. The Balaban J connectivity index is 1.62. The lowest BCUT2D eigenvalue weighted by Crippen LogP contribution is -2.28. The summed E-state index contributed by atoms with van der Waals surface area (Å²) in [6.45, 7) is 6.92. The molecule has 0 aliphatic heterocycles. The fraction of sp³-hybridized carbons (Fsp3) is 0.391. The number of rotatable bonds is 9. The zero-order valence-corrected chi connectivity index (χ0v) is 17.8. The van der Waals surface area contributed by atoms with Crippen LogP contribution in [-0.2, 0) is 11.3 Å². The van der Waals surface area contributed by atoms with Gasteiger partial charge in [0, 0.05) is 13.0 Å². The van der Waals surface area contributed by atoms with Gasteiger partial charge in [0.25, 0.3) is 0 Å². The number of hydrogen-bond donors (Lipinski definition) is 1. The fourth-order valence-electron chi connectivity index (χ4n) is 3.17. The lowest BCUT2D eigenvalue weighted by Gasteiger charge is -2.18. The van der Waals surface area contributed by atoms with E-state index in [0.717, 1.165) is 5.56 Å². The molecule has 7 nitrogen and oxygen atoms in total. The third-order valence-electron chi connectivity index (χ3n) is 4.77. The van der Waals surface area contributed by atoms with Crippen molar-refractivity contribution in [3.63, 3.8) is 0 Å². The van der Waals surface area contributed by atoms with Gasteiger partial charge >= 0.3 is 5.76 Å². The standard InChI is InChI=1S/C23H28N2O5/c1-15(2)14-29-20-10-9-17(13-21(20)28-4)16(3)24-22(26)11-12-25-18-7-5-6-8-19(18)30-23(25)27/h5-10,13,15-16H,11-12,14H2,1-4H3,(H,24,26). The molecule has 1 unspecified atom stereocenters. The van der Waals surface area contributed by atoms with Crippen molar-refractivity contribution in [3.8, 4) is 11.5 Å². The SMILES string of the molecule is COc1cc(C(C)NC(=O)CCn2c(=O)oc3ccccc32)ccc1OCC(C)C. The largest absolute Gasteiger partial charge is 0.493 e. The van der Waals surface area contributed by atoms with E-state index in [4.69, 9.17) is 13.9 Å². The van der Waals surface area contributed by atoms with Crippen LogP contribution in [0.3, 0.4) is 0 Å². The molecule has 1 heterocycles. The molecule has 1 aromatic heterocycles. The lowest BCUT2D eigenvalue weighted by atomic mass is 10.1. The summed E-state index contributed by atoms with van der Waals surface area (Å²) in [7, 11) is 1.59. The van der Waals surface area contributed by atoms with Crippen LogP contribution >= 0.6 is 0 Å². The van der Waals surface area contributed by atoms with Gasteiger partial charge in [-0.25, -0.2) is 4.79 Å². The summed E-state index contributed by atoms with van der Waals surface area (Å²) >= 11 is 0. The Kier molecular flexibility index (Phi) is 6.82. The molecular formula is C23H28N2O5. The number of aromatic nitrogens is 1. The minimum absolute atomic E-state index is 0.154. The van der Waals surface area contributed by atoms with Crippen molar-refractivity contribution in [3.05, 3.63) is 58.6 Å². The number of nitrogens with zero attached hydrogens (tertiary/aromatic N) is 1. The number of nitrogens with one attached hydrogen (secondary N) is 1. The average molecular weight is 412 g/mol. The molecule has 0 aliphatic carbocycles. The van der Waals surface area contributed by atoms with Crippen molar-refractivity contribution in [2.75, 3.05) is 13.7 Å². The molecule has 0 saturated heterocycles. The molecule has 0 spiro atoms. The lowest BCUT2D eigenvalue weighted by molar-refractivity contribution is -0.121. The van der Waals surface area contributed by atoms with Gasteiger partial charge in [-0.1, -0.05) is 32.0 Å². The van der Waals surface area contributed by atoms with Gasteiger partial charge in [-0.15, -0.1) is 0 Å². The Morgan fingerprint density at radius 2 is 1.90 bits per heavy atom. The molecule has 0 aliphatic rings. The van der Waals surface area contributed by atoms with Crippen LogP contribution in [0.15, 0.2) is 51.7 Å². The van der Waals surface area contributed by atoms with Gasteiger partial charge in [0.1, 0.15) is 0 Å². The van der Waals surface area contributed by atoms with Crippen LogP contribution in [-0.4, -0.2) is 24.2 Å². The smallest absolute Gasteiger partial charge is 0.419 e. The Morgan fingerprint density at radius 3 is 2.63 bits per heavy atom. The van der Waals surface area contributed by atoms with Crippen molar-refractivity contribution >= 4 is 17.0 Å². The Labute approximate surface area is 175 Å². The van der Waals surface area contributed by atoms with Crippen LogP contribution in [0, 0.1) is 5.92 Å². The van der Waals surface area contributed by atoms with E-state index >= 15 is 0 Å². The summed E-state index contributed by atoms with van der Waals surface area (Å²) < 4.78 is 17.9. The summed E-state index contributed by atoms with van der Waals surface area (Å²) in [6, 6.07) is 12.6. The van der Waals surface area contributed by atoms with Crippen molar-refractivity contribution in [1.82, 2.24) is 9.88 Å². The second-order valence-corrected chi connectivity index (χ2v) is 7.64. The van der Waals surface area contributed by atoms with Crippen LogP contribution in [0.4, 0.5) is 0 Å². The zero-order valence-electron chi connectivity index (χ0n) is 17.8. The summed E-state index contributed by atoms with van der Waals surface area (Å²) in [5.74, 6) is 1.11. The van der Waals surface area contributed by atoms with E-state index < -0.39 is 5.76 Å². The number of methoxy groups -OCH3 is 1. The van der Waals surface area contributed by atoms with Crippen LogP contribution in [0.5, 0.6) is 11.5 Å². The third-order valence-corrected chi connectivity index (χ3v) is 4.77. The molecule has 30 heavy (non-hydrogen) atoms. The summed E-state index contributed by atoms with van der Waals surface area (Å²) in [6.07, 6.45) is 0.167. The number of benzene rings is 2. The van der Waals surface area contributed by atoms with Crippen LogP contribution in [0.25, 0.3) is 11.1 Å². The van der Waals surface area contributed by atoms with Crippen molar-refractivity contribution < 1.29 is 18.7 Å². The highest BCUT2D eigenvalue weighted by Crippen LogP contribution is 2.30. The van der Waals surface area contributed by atoms with Crippen molar-refractivity contribution in [1.29, 1.82) is 0 Å². The number of amides is 1. The molecule has 160 valence electrons. The average Bonchev–Trinajstić information content (AvgIpc) is 3.05. The molecule has 1 amide bonds. The molecule has 0 saturated carbocycles. The van der Waals surface area contributed by atoms with Gasteiger partial charge in [-0.05, 0) is 42.7 Å². The third kappa shape index (κ3) is 5.03. The first-order valence-corrected chi connectivity index (χ1v) is 10.1. The first-order chi connectivity index (χ1) is 14.4. The molecule has 0 fully saturated rings. The summed E-state index contributed by atoms with van der Waals surface area (Å²) in [4.78, 5) is 24.5. The summed E-state index contributed by atoms with van der Waals surface area (Å²) in [5.41, 5.74) is 2.11. The highest BCUT2D eigenvalue weighted by molar-refractivity contribution is 5.77. The zero-order chi connectivity index (χ0) is 21.7. The number of oxazole rings is 1. The van der Waals surface area contributed by atoms with E-state index in [1.54, 1.807) is 25.3 Å². The topological polar surface area (TPSA) is 82.7 Å². The van der Waals surface area contributed by atoms with Gasteiger partial charge in [0.2, 0.25) is 5.91 Å². The van der Waals surface area contributed by atoms with Gasteiger partial charge in [-0.3, -0.25) is 9.36 Å². The maximum Gasteiger partial charge on any atom is 0.419 e.